The summed E-state index contributed by atoms with van der Waals surface area (Å²) in [6.07, 6.45) is 6.44. The monoisotopic (exact) mass is 1070 g/mol. The SMILES string of the molecule is CCCCOc1ccc(N(c2ccc(C(C)CC)cc2)c2ccc3c4c(-c5ccccc5)c5c6ccc(N(c7ccc(OCCCC)cc7)c7ccc(C(C)CC)cc7)c7cccc(c5c(-c5ccccc5)c4c4cccc2c43)c76)cc1. The summed E-state index contributed by atoms with van der Waals surface area (Å²) >= 11 is 0. The lowest BCUT2D eigenvalue weighted by Gasteiger charge is -2.27. The van der Waals surface area contributed by atoms with Gasteiger partial charge in [-0.3, -0.25) is 0 Å². The molecule has 2 unspecified atom stereocenters. The minimum Gasteiger partial charge on any atom is -0.494 e. The number of ether oxygens (including phenoxy) is 2. The Morgan fingerprint density at radius 1 is 0.317 bits per heavy atom. The molecule has 0 radical (unpaired) electrons. The number of benzene rings is 11. The van der Waals surface area contributed by atoms with Gasteiger partial charge in [-0.05, 0) is 210 Å². The summed E-state index contributed by atoms with van der Waals surface area (Å²) in [5.74, 6) is 2.74. The number of fused-ring (bicyclic) bond motifs is 6. The molecule has 13 aromatic carbocycles. The molecule has 4 nitrogen and oxygen atoms in total. The maximum Gasteiger partial charge on any atom is 0.119 e. The molecule has 0 saturated heterocycles. The lowest BCUT2D eigenvalue weighted by atomic mass is 9.87. The van der Waals surface area contributed by atoms with Crippen LogP contribution in [-0.4, -0.2) is 13.2 Å². The standard InChI is InChI=1S/C78H72N2O2/c1-7-11-49-81-61-41-37-59(38-42-61)79(57-33-29-53(30-34-57)51(5)9-3)69-47-45-67-73-63(69)25-19-27-65(73)75-71(55-21-15-13-16-22-55)76-66-28-20-26-64-70(48-46-68(74(64)66)78(76)72(77(67)75)56-23-17-14-18-24-56)80(58-35-31-54(32-36-58)52(6)10-4)60-39-43-62(44-40-60)82-50-12-8-2/h13-48,51-52H,7-12,49-50H2,1-6H3. The third-order valence-electron chi connectivity index (χ3n) is 17.6. The second-order valence-corrected chi connectivity index (χ2v) is 22.6. The predicted molar refractivity (Wildman–Crippen MR) is 352 cm³/mol. The van der Waals surface area contributed by atoms with Crippen LogP contribution in [0.15, 0.2) is 218 Å². The Balaban J connectivity index is 1.09. The average molecular weight is 1070 g/mol. The van der Waals surface area contributed by atoms with E-state index in [1.54, 1.807) is 0 Å². The minimum absolute atomic E-state index is 0.475. The summed E-state index contributed by atoms with van der Waals surface area (Å²) in [5, 5.41) is 15.2. The van der Waals surface area contributed by atoms with E-state index >= 15 is 0 Å². The van der Waals surface area contributed by atoms with Crippen molar-refractivity contribution in [1.82, 2.24) is 0 Å². The van der Waals surface area contributed by atoms with E-state index in [0.717, 1.165) is 84.1 Å². The van der Waals surface area contributed by atoms with Crippen LogP contribution in [0.1, 0.15) is 103 Å². The first-order valence-electron chi connectivity index (χ1n) is 30.1. The van der Waals surface area contributed by atoms with E-state index in [4.69, 9.17) is 9.47 Å². The number of nitrogens with zero attached hydrogens (tertiary/aromatic N) is 2. The van der Waals surface area contributed by atoms with Crippen LogP contribution in [0, 0.1) is 0 Å². The van der Waals surface area contributed by atoms with Crippen molar-refractivity contribution in [2.24, 2.45) is 0 Å². The van der Waals surface area contributed by atoms with Gasteiger partial charge in [-0.15, -0.1) is 0 Å². The average Bonchev–Trinajstić information content (AvgIpc) is 4.23. The molecule has 0 fully saturated rings. The molecule has 0 aliphatic heterocycles. The van der Waals surface area contributed by atoms with Crippen LogP contribution < -0.4 is 19.3 Å². The van der Waals surface area contributed by atoms with Crippen molar-refractivity contribution in [3.05, 3.63) is 230 Å². The highest BCUT2D eigenvalue weighted by atomic mass is 16.5. The van der Waals surface area contributed by atoms with E-state index in [0.29, 0.717) is 25.0 Å². The van der Waals surface area contributed by atoms with E-state index in [1.165, 1.54) is 98.0 Å². The van der Waals surface area contributed by atoms with E-state index in [1.807, 2.05) is 0 Å². The molecule has 0 aliphatic rings. The van der Waals surface area contributed by atoms with Gasteiger partial charge >= 0.3 is 0 Å². The quantitative estimate of drug-likeness (QED) is 0.0710. The van der Waals surface area contributed by atoms with Crippen molar-refractivity contribution in [2.75, 3.05) is 23.0 Å². The molecule has 0 bridgehead atoms. The van der Waals surface area contributed by atoms with Gasteiger partial charge in [0.1, 0.15) is 11.5 Å². The molecule has 82 heavy (non-hydrogen) atoms. The van der Waals surface area contributed by atoms with Crippen LogP contribution in [0.4, 0.5) is 34.1 Å². The van der Waals surface area contributed by atoms with Crippen LogP contribution in [0.2, 0.25) is 0 Å². The number of rotatable bonds is 20. The van der Waals surface area contributed by atoms with E-state index in [9.17, 15) is 0 Å². The number of hydrogen-bond acceptors (Lipinski definition) is 4. The molecule has 0 saturated carbocycles. The molecule has 0 spiro atoms. The van der Waals surface area contributed by atoms with Gasteiger partial charge < -0.3 is 19.3 Å². The minimum atomic E-state index is 0.475. The number of hydrogen-bond donors (Lipinski definition) is 0. The molecular formula is C78H72N2O2. The lowest BCUT2D eigenvalue weighted by molar-refractivity contribution is 0.309. The topological polar surface area (TPSA) is 24.9 Å². The Morgan fingerprint density at radius 2 is 0.646 bits per heavy atom. The molecule has 0 heterocycles. The second kappa shape index (κ2) is 22.6. The fourth-order valence-electron chi connectivity index (χ4n) is 12.9. The zero-order valence-electron chi connectivity index (χ0n) is 48.3. The zero-order valence-corrected chi connectivity index (χ0v) is 48.3. The van der Waals surface area contributed by atoms with Gasteiger partial charge in [0.05, 0.1) is 24.6 Å². The second-order valence-electron chi connectivity index (χ2n) is 22.6. The number of anilines is 6. The lowest BCUT2D eigenvalue weighted by Crippen LogP contribution is -2.11. The summed E-state index contributed by atoms with van der Waals surface area (Å²) in [5.41, 5.74) is 14.4. The molecule has 2 atom stereocenters. The Kier molecular flexibility index (Phi) is 14.5. The van der Waals surface area contributed by atoms with Gasteiger partial charge in [-0.2, -0.15) is 0 Å². The third-order valence-corrected chi connectivity index (χ3v) is 17.6. The van der Waals surface area contributed by atoms with Crippen LogP contribution in [-0.2, 0) is 0 Å². The zero-order chi connectivity index (χ0) is 55.8. The molecule has 13 rings (SSSR count). The highest BCUT2D eigenvalue weighted by Gasteiger charge is 2.30. The Labute approximate surface area is 483 Å². The first-order chi connectivity index (χ1) is 40.4. The largest absolute Gasteiger partial charge is 0.494 e. The summed E-state index contributed by atoms with van der Waals surface area (Å²) in [7, 11) is 0. The predicted octanol–water partition coefficient (Wildman–Crippen LogP) is 23.1. The van der Waals surface area contributed by atoms with Crippen molar-refractivity contribution in [2.45, 2.75) is 91.9 Å². The van der Waals surface area contributed by atoms with Crippen molar-refractivity contribution < 1.29 is 9.47 Å². The summed E-state index contributed by atoms with van der Waals surface area (Å²) in [6.45, 7) is 15.0. The molecular weight excluding hydrogens is 997 g/mol. The Hall–Kier alpha value is -8.86. The van der Waals surface area contributed by atoms with Gasteiger partial charge in [0, 0.05) is 33.5 Å². The molecule has 0 amide bonds. The van der Waals surface area contributed by atoms with E-state index < -0.39 is 0 Å². The van der Waals surface area contributed by atoms with Gasteiger partial charge in [0.15, 0.2) is 0 Å². The first kappa shape index (κ1) is 52.5. The molecule has 406 valence electrons. The van der Waals surface area contributed by atoms with Gasteiger partial charge in [-0.1, -0.05) is 188 Å². The van der Waals surface area contributed by atoms with Gasteiger partial charge in [-0.25, -0.2) is 0 Å². The van der Waals surface area contributed by atoms with Gasteiger partial charge in [0.25, 0.3) is 0 Å². The highest BCUT2D eigenvalue weighted by molar-refractivity contribution is 6.47. The normalized spacial score (nSPS) is 12.6. The fourth-order valence-corrected chi connectivity index (χ4v) is 12.9. The molecule has 0 aromatic heterocycles. The molecule has 4 heteroatoms. The number of unbranched alkanes of at least 4 members (excludes halogenated alkanes) is 2. The third kappa shape index (κ3) is 9.19. The van der Waals surface area contributed by atoms with Crippen molar-refractivity contribution in [3.63, 3.8) is 0 Å². The van der Waals surface area contributed by atoms with E-state index in [-0.39, 0.29) is 0 Å². The first-order valence-corrected chi connectivity index (χ1v) is 30.1. The highest BCUT2D eigenvalue weighted by Crippen LogP contribution is 2.58. The van der Waals surface area contributed by atoms with Crippen LogP contribution in [0.3, 0.4) is 0 Å². The molecule has 0 N–H and O–H groups in total. The fraction of sp³-hybridized carbons (Fsp3) is 0.205. The molecule has 0 aliphatic carbocycles. The summed E-state index contributed by atoms with van der Waals surface area (Å²) in [6, 6.07) is 82.0. The Bertz CT molecular complexity index is 3990. The van der Waals surface area contributed by atoms with Crippen LogP contribution in [0.5, 0.6) is 11.5 Å². The van der Waals surface area contributed by atoms with Crippen LogP contribution >= 0.6 is 0 Å². The Morgan fingerprint density at radius 3 is 0.988 bits per heavy atom. The molecule has 13 aromatic rings. The van der Waals surface area contributed by atoms with Crippen molar-refractivity contribution >= 4 is 98.8 Å². The summed E-state index contributed by atoms with van der Waals surface area (Å²) < 4.78 is 12.4. The van der Waals surface area contributed by atoms with Crippen molar-refractivity contribution in [1.29, 1.82) is 0 Å². The maximum atomic E-state index is 6.22. The van der Waals surface area contributed by atoms with Crippen molar-refractivity contribution in [3.8, 4) is 33.8 Å². The van der Waals surface area contributed by atoms with Crippen LogP contribution in [0.25, 0.3) is 86.9 Å². The van der Waals surface area contributed by atoms with E-state index in [2.05, 4.69) is 270 Å². The van der Waals surface area contributed by atoms with Gasteiger partial charge in [0.2, 0.25) is 0 Å². The smallest absolute Gasteiger partial charge is 0.119 e. The summed E-state index contributed by atoms with van der Waals surface area (Å²) in [4.78, 5) is 4.90. The maximum absolute atomic E-state index is 6.22.